The molecule has 0 aliphatic carbocycles. The number of aldehydes is 1. The second kappa shape index (κ2) is 3.89. The topological polar surface area (TPSA) is 32.8 Å². The van der Waals surface area contributed by atoms with E-state index in [1.54, 1.807) is 0 Å². The van der Waals surface area contributed by atoms with E-state index in [0.29, 0.717) is 11.5 Å². The van der Waals surface area contributed by atoms with Gasteiger partial charge < -0.3 is 14.5 Å². The molecule has 0 aromatic heterocycles. The summed E-state index contributed by atoms with van der Waals surface area (Å²) in [5, 5.41) is 0. The van der Waals surface area contributed by atoms with E-state index >= 15 is 0 Å². The largest absolute Gasteiger partial charge is 0.448 e. The molecular weight excluding hydrogens is 204 g/mol. The first-order chi connectivity index (χ1) is 7.65. The van der Waals surface area contributed by atoms with Gasteiger partial charge in [-0.3, -0.25) is 4.79 Å². The van der Waals surface area contributed by atoms with E-state index in [1.807, 2.05) is 55.2 Å². The third-order valence-electron chi connectivity index (χ3n) is 2.52. The van der Waals surface area contributed by atoms with Gasteiger partial charge in [-0.05, 0) is 12.1 Å². The van der Waals surface area contributed by atoms with Crippen molar-refractivity contribution in [3.05, 3.63) is 35.8 Å². The van der Waals surface area contributed by atoms with Crippen molar-refractivity contribution in [1.29, 1.82) is 0 Å². The Bertz CT molecular complexity index is 452. The minimum Gasteiger partial charge on any atom is -0.448 e. The number of allylic oxidation sites excluding steroid dienone is 1. The Morgan fingerprint density at radius 3 is 2.62 bits per heavy atom. The highest BCUT2D eigenvalue weighted by Gasteiger charge is 2.24. The Labute approximate surface area is 94.7 Å². The molecule has 4 heteroatoms. The molecule has 16 heavy (non-hydrogen) atoms. The molecule has 1 aliphatic rings. The predicted octanol–water partition coefficient (Wildman–Crippen LogP) is 1.44. The van der Waals surface area contributed by atoms with E-state index in [-0.39, 0.29) is 0 Å². The van der Waals surface area contributed by atoms with Gasteiger partial charge in [-0.2, -0.15) is 0 Å². The molecule has 1 heterocycles. The normalized spacial score (nSPS) is 14.3. The van der Waals surface area contributed by atoms with E-state index in [4.69, 9.17) is 4.74 Å². The number of hydrogen-bond acceptors (Lipinski definition) is 4. The van der Waals surface area contributed by atoms with Crippen LogP contribution in [0.3, 0.4) is 0 Å². The summed E-state index contributed by atoms with van der Waals surface area (Å²) in [5.41, 5.74) is 0.955. The summed E-state index contributed by atoms with van der Waals surface area (Å²) >= 11 is 0. The van der Waals surface area contributed by atoms with Crippen LogP contribution in [0.25, 0.3) is 0 Å². The fraction of sp³-hybridized carbons (Fsp3) is 0.250. The lowest BCUT2D eigenvalue weighted by atomic mass is 10.2. The number of carbonyl (C=O) groups is 1. The molecule has 0 N–H and O–H groups in total. The van der Waals surface area contributed by atoms with Crippen molar-refractivity contribution >= 4 is 12.0 Å². The molecule has 0 unspecified atom stereocenters. The summed E-state index contributed by atoms with van der Waals surface area (Å²) in [7, 11) is 5.68. The van der Waals surface area contributed by atoms with E-state index in [2.05, 4.69) is 0 Å². The Hall–Kier alpha value is -1.97. The third kappa shape index (κ3) is 1.52. The number of ether oxygens (including phenoxy) is 1. The van der Waals surface area contributed by atoms with Crippen LogP contribution in [0.4, 0.5) is 5.69 Å². The monoisotopic (exact) mass is 218 g/mol. The summed E-state index contributed by atoms with van der Waals surface area (Å²) in [5.74, 6) is 1.80. The maximum atomic E-state index is 11.0. The lowest BCUT2D eigenvalue weighted by Gasteiger charge is -2.33. The second-order valence-corrected chi connectivity index (χ2v) is 3.83. The van der Waals surface area contributed by atoms with Crippen molar-refractivity contribution in [1.82, 2.24) is 4.90 Å². The van der Waals surface area contributed by atoms with Gasteiger partial charge in [0.1, 0.15) is 0 Å². The number of anilines is 1. The number of rotatable bonds is 2. The van der Waals surface area contributed by atoms with Crippen LogP contribution < -0.4 is 9.64 Å². The van der Waals surface area contributed by atoms with E-state index in [0.717, 1.165) is 17.8 Å². The molecule has 0 spiro atoms. The summed E-state index contributed by atoms with van der Waals surface area (Å²) < 4.78 is 5.55. The lowest BCUT2D eigenvalue weighted by molar-refractivity contribution is -0.106. The first-order valence-corrected chi connectivity index (χ1v) is 5.02. The van der Waals surface area contributed by atoms with Gasteiger partial charge in [0, 0.05) is 21.1 Å². The van der Waals surface area contributed by atoms with Crippen LogP contribution in [-0.4, -0.2) is 32.3 Å². The molecule has 0 amide bonds. The Morgan fingerprint density at radius 1 is 1.31 bits per heavy atom. The standard InChI is InChI=1S/C12H14N2O2/c1-13(2)12-11(8-15)16-10-7-5-4-6-9(10)14(12)3/h4-8H,1-3H3. The first kappa shape index (κ1) is 10.5. The molecule has 2 rings (SSSR count). The smallest absolute Gasteiger partial charge is 0.207 e. The number of fused-ring (bicyclic) bond motifs is 1. The van der Waals surface area contributed by atoms with E-state index in [1.165, 1.54) is 0 Å². The minimum absolute atomic E-state index is 0.339. The van der Waals surface area contributed by atoms with Crippen molar-refractivity contribution < 1.29 is 9.53 Å². The molecule has 1 aromatic carbocycles. The van der Waals surface area contributed by atoms with Crippen LogP contribution in [0, 0.1) is 0 Å². The van der Waals surface area contributed by atoms with Crippen LogP contribution in [-0.2, 0) is 4.79 Å². The lowest BCUT2D eigenvalue weighted by Crippen LogP contribution is -2.33. The summed E-state index contributed by atoms with van der Waals surface area (Å²) in [6.07, 6.45) is 0.738. The maximum Gasteiger partial charge on any atom is 0.207 e. The molecule has 0 saturated heterocycles. The zero-order chi connectivity index (χ0) is 11.7. The quantitative estimate of drug-likeness (QED) is 0.703. The number of para-hydroxylation sites is 2. The van der Waals surface area contributed by atoms with Crippen LogP contribution in [0.5, 0.6) is 5.75 Å². The molecule has 1 aromatic rings. The van der Waals surface area contributed by atoms with Gasteiger partial charge in [0.15, 0.2) is 17.9 Å². The van der Waals surface area contributed by atoms with Gasteiger partial charge in [-0.15, -0.1) is 0 Å². The predicted molar refractivity (Wildman–Crippen MR) is 62.3 cm³/mol. The fourth-order valence-corrected chi connectivity index (χ4v) is 1.86. The molecule has 0 fully saturated rings. The zero-order valence-electron chi connectivity index (χ0n) is 9.60. The van der Waals surface area contributed by atoms with Crippen LogP contribution in [0.1, 0.15) is 0 Å². The Morgan fingerprint density at radius 2 is 2.00 bits per heavy atom. The number of hydrogen-bond donors (Lipinski definition) is 0. The molecule has 1 aliphatic heterocycles. The number of benzene rings is 1. The maximum absolute atomic E-state index is 11.0. The first-order valence-electron chi connectivity index (χ1n) is 5.02. The van der Waals surface area contributed by atoms with Gasteiger partial charge in [0.2, 0.25) is 5.76 Å². The fourth-order valence-electron chi connectivity index (χ4n) is 1.86. The molecular formula is C12H14N2O2. The van der Waals surface area contributed by atoms with Gasteiger partial charge in [0.25, 0.3) is 0 Å². The van der Waals surface area contributed by atoms with Crippen molar-refractivity contribution in [3.8, 4) is 5.75 Å². The van der Waals surface area contributed by atoms with Crippen LogP contribution in [0.15, 0.2) is 35.8 Å². The van der Waals surface area contributed by atoms with Crippen molar-refractivity contribution in [2.24, 2.45) is 0 Å². The molecule has 0 atom stereocenters. The average Bonchev–Trinajstić information content (AvgIpc) is 2.28. The molecule has 0 saturated carbocycles. The molecule has 0 radical (unpaired) electrons. The van der Waals surface area contributed by atoms with E-state index in [9.17, 15) is 4.79 Å². The highest BCUT2D eigenvalue weighted by atomic mass is 16.5. The number of nitrogens with zero attached hydrogens (tertiary/aromatic N) is 2. The van der Waals surface area contributed by atoms with Gasteiger partial charge in [-0.25, -0.2) is 0 Å². The highest BCUT2D eigenvalue weighted by Crippen LogP contribution is 2.35. The second-order valence-electron chi connectivity index (χ2n) is 3.83. The summed E-state index contributed by atoms with van der Waals surface area (Å²) in [4.78, 5) is 14.8. The van der Waals surface area contributed by atoms with Crippen molar-refractivity contribution in [2.45, 2.75) is 0 Å². The number of carbonyl (C=O) groups excluding carboxylic acids is 1. The van der Waals surface area contributed by atoms with Crippen LogP contribution >= 0.6 is 0 Å². The van der Waals surface area contributed by atoms with Crippen molar-refractivity contribution in [3.63, 3.8) is 0 Å². The van der Waals surface area contributed by atoms with Crippen molar-refractivity contribution in [2.75, 3.05) is 26.0 Å². The Balaban J connectivity index is 2.53. The van der Waals surface area contributed by atoms with Crippen LogP contribution in [0.2, 0.25) is 0 Å². The molecule has 84 valence electrons. The Kier molecular flexibility index (Phi) is 2.56. The third-order valence-corrected chi connectivity index (χ3v) is 2.52. The van der Waals surface area contributed by atoms with Gasteiger partial charge in [0.05, 0.1) is 5.69 Å². The average molecular weight is 218 g/mol. The summed E-state index contributed by atoms with van der Waals surface area (Å²) in [6, 6.07) is 7.63. The van der Waals surface area contributed by atoms with Gasteiger partial charge in [-0.1, -0.05) is 12.1 Å². The SMILES string of the molecule is CN(C)C1=C(C=O)Oc2ccccc2N1C. The minimum atomic E-state index is 0.339. The molecule has 0 bridgehead atoms. The molecule has 4 nitrogen and oxygen atoms in total. The van der Waals surface area contributed by atoms with Gasteiger partial charge >= 0.3 is 0 Å². The summed E-state index contributed by atoms with van der Waals surface area (Å²) in [6.45, 7) is 0. The highest BCUT2D eigenvalue weighted by molar-refractivity contribution is 5.78. The zero-order valence-corrected chi connectivity index (χ0v) is 9.60. The van der Waals surface area contributed by atoms with E-state index < -0.39 is 0 Å².